The lowest BCUT2D eigenvalue weighted by molar-refractivity contribution is 0.629. The summed E-state index contributed by atoms with van der Waals surface area (Å²) in [6.07, 6.45) is 3.52. The molecular formula is C14H14FN3S. The number of fused-ring (bicyclic) bond motifs is 1. The molecule has 0 saturated heterocycles. The quantitative estimate of drug-likeness (QED) is 0.795. The van der Waals surface area contributed by atoms with Crippen LogP contribution in [0.1, 0.15) is 12.1 Å². The van der Waals surface area contributed by atoms with Crippen molar-refractivity contribution in [2.45, 2.75) is 12.8 Å². The van der Waals surface area contributed by atoms with Gasteiger partial charge in [-0.25, -0.2) is 9.37 Å². The van der Waals surface area contributed by atoms with Gasteiger partial charge in [0.05, 0.1) is 10.6 Å². The van der Waals surface area contributed by atoms with E-state index in [0.717, 1.165) is 29.1 Å². The largest absolute Gasteiger partial charge is 0.330 e. The minimum absolute atomic E-state index is 0.292. The molecule has 98 valence electrons. The Balaban J connectivity index is 2.22. The molecule has 0 aliphatic heterocycles. The van der Waals surface area contributed by atoms with Crippen LogP contribution in [0, 0.1) is 5.82 Å². The predicted octanol–water partition coefficient (Wildman–Crippen LogP) is 3.09. The Morgan fingerprint density at radius 2 is 2.21 bits per heavy atom. The topological polar surface area (TPSA) is 43.3 Å². The van der Waals surface area contributed by atoms with Crippen LogP contribution in [0.5, 0.6) is 0 Å². The zero-order valence-electron chi connectivity index (χ0n) is 10.3. The van der Waals surface area contributed by atoms with Crippen molar-refractivity contribution in [2.75, 3.05) is 6.54 Å². The van der Waals surface area contributed by atoms with E-state index in [1.807, 2.05) is 28.1 Å². The Kier molecular flexibility index (Phi) is 3.31. The highest BCUT2D eigenvalue weighted by atomic mass is 32.1. The van der Waals surface area contributed by atoms with Gasteiger partial charge in [-0.1, -0.05) is 6.07 Å². The Hall–Kier alpha value is -1.72. The lowest BCUT2D eigenvalue weighted by atomic mass is 10.2. The number of pyridine rings is 1. The Morgan fingerprint density at radius 1 is 1.32 bits per heavy atom. The smallest absolute Gasteiger partial charge is 0.174 e. The number of imidazole rings is 1. The van der Waals surface area contributed by atoms with Gasteiger partial charge in [-0.2, -0.15) is 0 Å². The number of aryl methyl sites for hydroxylation is 1. The van der Waals surface area contributed by atoms with Gasteiger partial charge in [-0.05, 0) is 43.0 Å². The lowest BCUT2D eigenvalue weighted by Crippen LogP contribution is -2.03. The second-order valence-electron chi connectivity index (χ2n) is 4.33. The SMILES string of the molecule is NCCCc1c(-c2cccs2)nc2c(F)cccn12. The number of rotatable bonds is 4. The maximum absolute atomic E-state index is 13.8. The van der Waals surface area contributed by atoms with Gasteiger partial charge in [-0.15, -0.1) is 11.3 Å². The molecule has 0 amide bonds. The summed E-state index contributed by atoms with van der Waals surface area (Å²) in [7, 11) is 0. The summed E-state index contributed by atoms with van der Waals surface area (Å²) in [5, 5.41) is 2.00. The van der Waals surface area contributed by atoms with Crippen molar-refractivity contribution in [2.24, 2.45) is 5.73 Å². The van der Waals surface area contributed by atoms with E-state index in [1.165, 1.54) is 6.07 Å². The number of hydrogen-bond donors (Lipinski definition) is 1. The molecule has 3 heterocycles. The van der Waals surface area contributed by atoms with Crippen LogP contribution in [-0.2, 0) is 6.42 Å². The van der Waals surface area contributed by atoms with Crippen LogP contribution in [0.3, 0.4) is 0 Å². The van der Waals surface area contributed by atoms with Crippen molar-refractivity contribution in [3.05, 3.63) is 47.4 Å². The maximum atomic E-state index is 13.8. The van der Waals surface area contributed by atoms with E-state index < -0.39 is 0 Å². The molecule has 0 spiro atoms. The zero-order valence-corrected chi connectivity index (χ0v) is 11.2. The van der Waals surface area contributed by atoms with Gasteiger partial charge in [0.25, 0.3) is 0 Å². The van der Waals surface area contributed by atoms with Crippen LogP contribution in [0.2, 0.25) is 0 Å². The summed E-state index contributed by atoms with van der Waals surface area (Å²) in [6.45, 7) is 0.617. The van der Waals surface area contributed by atoms with Crippen molar-refractivity contribution in [3.8, 4) is 10.6 Å². The molecule has 0 fully saturated rings. The summed E-state index contributed by atoms with van der Waals surface area (Å²) >= 11 is 1.62. The fourth-order valence-electron chi connectivity index (χ4n) is 2.20. The highest BCUT2D eigenvalue weighted by Crippen LogP contribution is 2.29. The average molecular weight is 275 g/mol. The molecule has 0 unspecified atom stereocenters. The van der Waals surface area contributed by atoms with E-state index >= 15 is 0 Å². The average Bonchev–Trinajstić information content (AvgIpc) is 3.04. The number of hydrogen-bond acceptors (Lipinski definition) is 3. The highest BCUT2D eigenvalue weighted by molar-refractivity contribution is 7.13. The van der Waals surface area contributed by atoms with E-state index in [-0.39, 0.29) is 5.82 Å². The van der Waals surface area contributed by atoms with Gasteiger partial charge < -0.3 is 10.1 Å². The van der Waals surface area contributed by atoms with Gasteiger partial charge in [-0.3, -0.25) is 0 Å². The first-order valence-electron chi connectivity index (χ1n) is 6.20. The van der Waals surface area contributed by atoms with Crippen molar-refractivity contribution >= 4 is 17.0 Å². The van der Waals surface area contributed by atoms with Crippen molar-refractivity contribution < 1.29 is 4.39 Å². The normalized spacial score (nSPS) is 11.3. The Bertz CT molecular complexity index is 688. The van der Waals surface area contributed by atoms with Crippen molar-refractivity contribution in [1.29, 1.82) is 0 Å². The van der Waals surface area contributed by atoms with Crippen LogP contribution in [0.15, 0.2) is 35.8 Å². The fourth-order valence-corrected chi connectivity index (χ4v) is 2.94. The third kappa shape index (κ3) is 2.15. The molecule has 19 heavy (non-hydrogen) atoms. The molecule has 0 saturated carbocycles. The molecule has 3 aromatic rings. The van der Waals surface area contributed by atoms with Gasteiger partial charge in [0, 0.05) is 6.20 Å². The van der Waals surface area contributed by atoms with E-state index in [4.69, 9.17) is 5.73 Å². The first-order chi connectivity index (χ1) is 9.31. The summed E-state index contributed by atoms with van der Waals surface area (Å²) in [5.74, 6) is -0.292. The number of thiophene rings is 1. The van der Waals surface area contributed by atoms with Crippen LogP contribution in [0.25, 0.3) is 16.2 Å². The molecule has 3 nitrogen and oxygen atoms in total. The molecular weight excluding hydrogens is 261 g/mol. The molecule has 2 N–H and O–H groups in total. The molecule has 0 bridgehead atoms. The van der Waals surface area contributed by atoms with Crippen molar-refractivity contribution in [3.63, 3.8) is 0 Å². The summed E-state index contributed by atoms with van der Waals surface area (Å²) < 4.78 is 15.7. The molecule has 0 radical (unpaired) electrons. The van der Waals surface area contributed by atoms with E-state index in [2.05, 4.69) is 4.98 Å². The minimum atomic E-state index is -0.292. The van der Waals surface area contributed by atoms with E-state index in [0.29, 0.717) is 12.2 Å². The number of halogens is 1. The van der Waals surface area contributed by atoms with Crippen LogP contribution >= 0.6 is 11.3 Å². The predicted molar refractivity (Wildman–Crippen MR) is 75.8 cm³/mol. The van der Waals surface area contributed by atoms with E-state index in [9.17, 15) is 4.39 Å². The number of nitrogens with zero attached hydrogens (tertiary/aromatic N) is 2. The summed E-state index contributed by atoms with van der Waals surface area (Å²) in [5.41, 5.74) is 7.87. The molecule has 0 atom stereocenters. The van der Waals surface area contributed by atoms with Gasteiger partial charge in [0.1, 0.15) is 5.69 Å². The Morgan fingerprint density at radius 3 is 2.95 bits per heavy atom. The van der Waals surface area contributed by atoms with Crippen molar-refractivity contribution in [1.82, 2.24) is 9.38 Å². The van der Waals surface area contributed by atoms with Gasteiger partial charge in [0.15, 0.2) is 11.5 Å². The van der Waals surface area contributed by atoms with Gasteiger partial charge in [0.2, 0.25) is 0 Å². The van der Waals surface area contributed by atoms with Gasteiger partial charge >= 0.3 is 0 Å². The molecule has 5 heteroatoms. The van der Waals surface area contributed by atoms with Crippen LogP contribution < -0.4 is 5.73 Å². The second-order valence-corrected chi connectivity index (χ2v) is 5.27. The third-order valence-electron chi connectivity index (χ3n) is 3.07. The number of nitrogens with two attached hydrogens (primary N) is 1. The van der Waals surface area contributed by atoms with E-state index in [1.54, 1.807) is 17.4 Å². The van der Waals surface area contributed by atoms with Crippen LogP contribution in [0.4, 0.5) is 4.39 Å². The highest BCUT2D eigenvalue weighted by Gasteiger charge is 2.16. The molecule has 3 aromatic heterocycles. The molecule has 3 rings (SSSR count). The van der Waals surface area contributed by atoms with Crippen LogP contribution in [-0.4, -0.2) is 15.9 Å². The molecule has 0 aliphatic carbocycles. The lowest BCUT2D eigenvalue weighted by Gasteiger charge is -2.03. The molecule has 0 aliphatic rings. The zero-order chi connectivity index (χ0) is 13.2. The monoisotopic (exact) mass is 275 g/mol. The second kappa shape index (κ2) is 5.11. The minimum Gasteiger partial charge on any atom is -0.330 e. The summed E-state index contributed by atoms with van der Waals surface area (Å²) in [6, 6.07) is 7.13. The fraction of sp³-hybridized carbons (Fsp3) is 0.214. The number of aromatic nitrogens is 2. The standard InChI is InChI=1S/C14H14FN3S/c15-10-4-2-8-18-11(5-1-7-16)13(17-14(10)18)12-6-3-9-19-12/h2-4,6,8-9H,1,5,7,16H2. The Labute approximate surface area is 114 Å². The summed E-state index contributed by atoms with van der Waals surface area (Å²) in [4.78, 5) is 5.53. The molecule has 0 aromatic carbocycles. The maximum Gasteiger partial charge on any atom is 0.174 e. The first-order valence-corrected chi connectivity index (χ1v) is 7.08. The first kappa shape index (κ1) is 12.3. The third-order valence-corrected chi connectivity index (χ3v) is 3.95.